The molecule has 2 aliphatic rings. The number of hydrogen-bond acceptors (Lipinski definition) is 6. The quantitative estimate of drug-likeness (QED) is 0.584. The Morgan fingerprint density at radius 3 is 2.84 bits per heavy atom. The molecule has 1 amide bonds. The normalized spacial score (nSPS) is 17.3. The fourth-order valence-corrected chi connectivity index (χ4v) is 5.02. The van der Waals surface area contributed by atoms with Gasteiger partial charge in [-0.05, 0) is 54.1 Å². The van der Waals surface area contributed by atoms with E-state index in [0.717, 1.165) is 54.4 Å². The number of piperidine rings is 1. The molecular weight excluding hydrogens is 422 g/mol. The number of ether oxygens (including phenoxy) is 2. The third kappa shape index (κ3) is 4.95. The van der Waals surface area contributed by atoms with Gasteiger partial charge >= 0.3 is 0 Å². The maximum absolute atomic E-state index is 12.8. The number of likely N-dealkylation sites (tertiary alicyclic amines) is 1. The Morgan fingerprint density at radius 1 is 1.16 bits per heavy atom. The third-order valence-electron chi connectivity index (χ3n) is 6.00. The van der Waals surface area contributed by atoms with Crippen LogP contribution < -0.4 is 9.47 Å². The van der Waals surface area contributed by atoms with Crippen molar-refractivity contribution in [1.82, 2.24) is 14.8 Å². The minimum Gasteiger partial charge on any atom is -0.491 e. The number of carbonyl (C=O) groups is 1. The molecule has 2 aliphatic heterocycles. The number of amides is 1. The van der Waals surface area contributed by atoms with Crippen LogP contribution >= 0.6 is 11.3 Å². The van der Waals surface area contributed by atoms with Crippen molar-refractivity contribution in [2.75, 3.05) is 26.2 Å². The predicted octanol–water partition coefficient (Wildman–Crippen LogP) is 4.22. The van der Waals surface area contributed by atoms with E-state index in [0.29, 0.717) is 19.7 Å². The second kappa shape index (κ2) is 9.71. The van der Waals surface area contributed by atoms with E-state index in [4.69, 9.17) is 9.47 Å². The molecule has 4 heterocycles. The molecule has 7 heteroatoms. The average Bonchev–Trinajstić information content (AvgIpc) is 3.28. The minimum atomic E-state index is 0.0811. The molecule has 2 aromatic heterocycles. The van der Waals surface area contributed by atoms with E-state index in [2.05, 4.69) is 28.1 Å². The van der Waals surface area contributed by atoms with Crippen LogP contribution in [0.1, 0.15) is 33.6 Å². The maximum atomic E-state index is 12.8. The molecule has 166 valence electrons. The van der Waals surface area contributed by atoms with E-state index in [1.165, 1.54) is 16.9 Å². The van der Waals surface area contributed by atoms with Crippen LogP contribution in [0.5, 0.6) is 11.5 Å². The lowest BCUT2D eigenvalue weighted by atomic mass is 10.0. The lowest BCUT2D eigenvalue weighted by Gasteiger charge is -2.32. The third-order valence-corrected chi connectivity index (χ3v) is 6.86. The highest BCUT2D eigenvalue weighted by Crippen LogP contribution is 2.27. The van der Waals surface area contributed by atoms with E-state index >= 15 is 0 Å². The lowest BCUT2D eigenvalue weighted by Crippen LogP contribution is -2.37. The Bertz CT molecular complexity index is 1030. The molecule has 0 bridgehead atoms. The summed E-state index contributed by atoms with van der Waals surface area (Å²) in [6.45, 7) is 4.61. The van der Waals surface area contributed by atoms with Gasteiger partial charge < -0.3 is 14.4 Å². The van der Waals surface area contributed by atoms with Crippen LogP contribution in [0.25, 0.3) is 0 Å². The van der Waals surface area contributed by atoms with Gasteiger partial charge in [-0.1, -0.05) is 12.1 Å². The van der Waals surface area contributed by atoms with Crippen molar-refractivity contribution in [1.29, 1.82) is 0 Å². The van der Waals surface area contributed by atoms with Crippen LogP contribution in [0.2, 0.25) is 0 Å². The van der Waals surface area contributed by atoms with Crippen LogP contribution in [0.3, 0.4) is 0 Å². The molecule has 6 nitrogen and oxygen atoms in total. The summed E-state index contributed by atoms with van der Waals surface area (Å²) in [4.78, 5) is 22.1. The molecule has 5 rings (SSSR count). The van der Waals surface area contributed by atoms with E-state index in [9.17, 15) is 4.79 Å². The Morgan fingerprint density at radius 2 is 2.06 bits per heavy atom. The molecule has 1 aromatic carbocycles. The van der Waals surface area contributed by atoms with Crippen molar-refractivity contribution in [2.45, 2.75) is 32.0 Å². The molecule has 1 fully saturated rings. The Hall–Kier alpha value is -2.90. The predicted molar refractivity (Wildman–Crippen MR) is 124 cm³/mol. The first kappa shape index (κ1) is 21.0. The largest absolute Gasteiger partial charge is 0.491 e. The van der Waals surface area contributed by atoms with Crippen molar-refractivity contribution in [3.63, 3.8) is 0 Å². The molecule has 0 spiro atoms. The number of pyridine rings is 1. The molecule has 3 aromatic rings. The van der Waals surface area contributed by atoms with Gasteiger partial charge in [0.05, 0.1) is 17.6 Å². The Kier molecular flexibility index (Phi) is 6.36. The molecule has 0 N–H and O–H groups in total. The summed E-state index contributed by atoms with van der Waals surface area (Å²) < 4.78 is 12.0. The van der Waals surface area contributed by atoms with E-state index in [1.807, 2.05) is 34.5 Å². The lowest BCUT2D eigenvalue weighted by molar-refractivity contribution is 0.0738. The van der Waals surface area contributed by atoms with Gasteiger partial charge in [0.2, 0.25) is 0 Å². The summed E-state index contributed by atoms with van der Waals surface area (Å²) in [6, 6.07) is 14.1. The van der Waals surface area contributed by atoms with Crippen molar-refractivity contribution in [3.8, 4) is 11.5 Å². The molecule has 32 heavy (non-hydrogen) atoms. The minimum absolute atomic E-state index is 0.0811. The van der Waals surface area contributed by atoms with Crippen molar-refractivity contribution < 1.29 is 14.3 Å². The SMILES string of the molecule is O=C(c1cccs1)N1CCOc2ccc(CN3CCC(Oc4cccnc4)CC3)cc2C1. The van der Waals surface area contributed by atoms with Crippen LogP contribution in [0.4, 0.5) is 0 Å². The van der Waals surface area contributed by atoms with Crippen molar-refractivity contribution in [2.24, 2.45) is 0 Å². The van der Waals surface area contributed by atoms with E-state index in [1.54, 1.807) is 12.4 Å². The number of nitrogens with zero attached hydrogens (tertiary/aromatic N) is 3. The number of benzene rings is 1. The van der Waals surface area contributed by atoms with Crippen LogP contribution in [0, 0.1) is 0 Å². The van der Waals surface area contributed by atoms with Gasteiger partial charge in [0.25, 0.3) is 5.91 Å². The van der Waals surface area contributed by atoms with Gasteiger partial charge in [0, 0.05) is 37.9 Å². The highest BCUT2D eigenvalue weighted by Gasteiger charge is 2.24. The fraction of sp³-hybridized carbons (Fsp3) is 0.360. The average molecular weight is 450 g/mol. The first-order valence-electron chi connectivity index (χ1n) is 11.1. The number of hydrogen-bond donors (Lipinski definition) is 0. The fourth-order valence-electron chi connectivity index (χ4n) is 4.33. The van der Waals surface area contributed by atoms with E-state index < -0.39 is 0 Å². The molecule has 1 saturated heterocycles. The Labute approximate surface area is 192 Å². The van der Waals surface area contributed by atoms with Gasteiger partial charge in [0.15, 0.2) is 0 Å². The number of rotatable bonds is 5. The van der Waals surface area contributed by atoms with Gasteiger partial charge in [-0.3, -0.25) is 14.7 Å². The monoisotopic (exact) mass is 449 g/mol. The molecule has 0 saturated carbocycles. The van der Waals surface area contributed by atoms with Crippen LogP contribution in [-0.4, -0.2) is 53.0 Å². The number of aromatic nitrogens is 1. The summed E-state index contributed by atoms with van der Waals surface area (Å²) in [7, 11) is 0. The second-order valence-corrected chi connectivity index (χ2v) is 9.22. The van der Waals surface area contributed by atoms with Gasteiger partial charge in [-0.25, -0.2) is 0 Å². The smallest absolute Gasteiger partial charge is 0.264 e. The van der Waals surface area contributed by atoms with Gasteiger partial charge in [-0.15, -0.1) is 11.3 Å². The topological polar surface area (TPSA) is 54.9 Å². The first-order chi connectivity index (χ1) is 15.7. The zero-order valence-electron chi connectivity index (χ0n) is 18.0. The number of thiophene rings is 1. The second-order valence-electron chi connectivity index (χ2n) is 8.28. The first-order valence-corrected chi connectivity index (χ1v) is 12.0. The van der Waals surface area contributed by atoms with Crippen LogP contribution in [-0.2, 0) is 13.1 Å². The summed E-state index contributed by atoms with van der Waals surface area (Å²) in [5.74, 6) is 1.81. The van der Waals surface area contributed by atoms with Gasteiger partial charge in [-0.2, -0.15) is 0 Å². The van der Waals surface area contributed by atoms with E-state index in [-0.39, 0.29) is 12.0 Å². The van der Waals surface area contributed by atoms with Crippen molar-refractivity contribution in [3.05, 3.63) is 76.2 Å². The highest BCUT2D eigenvalue weighted by atomic mass is 32.1. The maximum Gasteiger partial charge on any atom is 0.264 e. The van der Waals surface area contributed by atoms with Crippen molar-refractivity contribution >= 4 is 17.2 Å². The molecule has 0 unspecified atom stereocenters. The van der Waals surface area contributed by atoms with Crippen LogP contribution in [0.15, 0.2) is 60.2 Å². The summed E-state index contributed by atoms with van der Waals surface area (Å²) in [5, 5.41) is 1.94. The molecule has 0 atom stereocenters. The molecular formula is C25H27N3O3S. The summed E-state index contributed by atoms with van der Waals surface area (Å²) in [5.41, 5.74) is 2.34. The molecule has 0 radical (unpaired) electrons. The summed E-state index contributed by atoms with van der Waals surface area (Å²) >= 11 is 1.49. The zero-order valence-corrected chi connectivity index (χ0v) is 18.8. The molecule has 0 aliphatic carbocycles. The highest BCUT2D eigenvalue weighted by molar-refractivity contribution is 7.12. The number of carbonyl (C=O) groups excluding carboxylic acids is 1. The summed E-state index contributed by atoms with van der Waals surface area (Å²) in [6.07, 6.45) is 5.79. The Balaban J connectivity index is 1.19. The van der Waals surface area contributed by atoms with Gasteiger partial charge in [0.1, 0.15) is 24.2 Å². The zero-order chi connectivity index (χ0) is 21.8. The standard InChI is InChI=1S/C25H27N3O3S/c29-25(24-4-2-14-32-24)28-12-13-30-23-6-5-19(15-20(23)18-28)17-27-10-7-21(8-11-27)31-22-3-1-9-26-16-22/h1-6,9,14-16,21H,7-8,10-13,17-18H2. The number of fused-ring (bicyclic) bond motifs is 1.